The Morgan fingerprint density at radius 2 is 1.81 bits per heavy atom. The van der Waals surface area contributed by atoms with Crippen LogP contribution in [-0.2, 0) is 9.53 Å². The van der Waals surface area contributed by atoms with Crippen LogP contribution in [0.1, 0.15) is 84.2 Å². The topological polar surface area (TPSA) is 76.7 Å². The van der Waals surface area contributed by atoms with Crippen molar-refractivity contribution in [1.82, 2.24) is 10.6 Å². The monoisotopic (exact) mass is 494 g/mol. The molecule has 1 aromatic rings. The van der Waals surface area contributed by atoms with E-state index in [0.717, 1.165) is 22.2 Å². The van der Waals surface area contributed by atoms with Crippen molar-refractivity contribution in [3.8, 4) is 5.75 Å². The van der Waals surface area contributed by atoms with Crippen LogP contribution in [0.2, 0.25) is 0 Å². The molecule has 0 spiro atoms. The van der Waals surface area contributed by atoms with E-state index in [-0.39, 0.29) is 12.1 Å². The fourth-order valence-electron chi connectivity index (χ4n) is 3.55. The molecule has 0 aliphatic carbocycles. The number of urea groups is 1. The first-order valence-electron chi connectivity index (χ1n) is 11.2. The van der Waals surface area contributed by atoms with Gasteiger partial charge in [-0.25, -0.2) is 9.59 Å². The summed E-state index contributed by atoms with van der Waals surface area (Å²) in [6, 6.07) is 4.69. The van der Waals surface area contributed by atoms with E-state index < -0.39 is 12.0 Å². The first-order valence-corrected chi connectivity index (χ1v) is 12.0. The second-order valence-corrected chi connectivity index (χ2v) is 9.04. The minimum atomic E-state index is -0.589. The molecule has 6 nitrogen and oxygen atoms in total. The Balaban J connectivity index is 2.01. The SMILES string of the molecule is CCCCCCCCCOc1ccc(C2NC(=O)NC(C)=C2C(=O)OC(C)C)cc1Br. The van der Waals surface area contributed by atoms with Gasteiger partial charge in [0.1, 0.15) is 5.75 Å². The first-order chi connectivity index (χ1) is 14.8. The number of ether oxygens (including phenoxy) is 2. The number of esters is 1. The second-order valence-electron chi connectivity index (χ2n) is 8.18. The summed E-state index contributed by atoms with van der Waals surface area (Å²) in [4.78, 5) is 24.7. The molecule has 2 N–H and O–H groups in total. The highest BCUT2D eigenvalue weighted by molar-refractivity contribution is 9.10. The van der Waals surface area contributed by atoms with Gasteiger partial charge in [-0.1, -0.05) is 51.5 Å². The maximum atomic E-state index is 12.6. The van der Waals surface area contributed by atoms with Crippen molar-refractivity contribution in [2.75, 3.05) is 6.61 Å². The predicted molar refractivity (Wildman–Crippen MR) is 126 cm³/mol. The third-order valence-corrected chi connectivity index (χ3v) is 5.75. The number of nitrogens with one attached hydrogen (secondary N) is 2. The number of benzene rings is 1. The number of allylic oxidation sites excluding steroid dienone is 1. The lowest BCUT2D eigenvalue weighted by Crippen LogP contribution is -2.45. The summed E-state index contributed by atoms with van der Waals surface area (Å²) in [5.41, 5.74) is 1.67. The van der Waals surface area contributed by atoms with Gasteiger partial charge in [-0.05, 0) is 60.8 Å². The van der Waals surface area contributed by atoms with Crippen LogP contribution in [0.25, 0.3) is 0 Å². The third kappa shape index (κ3) is 7.87. The number of halogens is 1. The number of carbonyl (C=O) groups is 2. The van der Waals surface area contributed by atoms with Crippen LogP contribution in [0.3, 0.4) is 0 Å². The number of hydrogen-bond donors (Lipinski definition) is 2. The van der Waals surface area contributed by atoms with E-state index in [1.54, 1.807) is 20.8 Å². The number of unbranched alkanes of at least 4 members (excludes halogenated alkanes) is 6. The summed E-state index contributed by atoms with van der Waals surface area (Å²) in [6.07, 6.45) is 8.40. The van der Waals surface area contributed by atoms with E-state index in [1.807, 2.05) is 18.2 Å². The van der Waals surface area contributed by atoms with Crippen LogP contribution in [0.5, 0.6) is 5.75 Å². The molecule has 0 saturated carbocycles. The fraction of sp³-hybridized carbons (Fsp3) is 0.583. The Morgan fingerprint density at radius 3 is 2.45 bits per heavy atom. The zero-order valence-corrected chi connectivity index (χ0v) is 20.6. The Bertz CT molecular complexity index is 792. The zero-order valence-electron chi connectivity index (χ0n) is 19.1. The average molecular weight is 495 g/mol. The molecule has 31 heavy (non-hydrogen) atoms. The Labute approximate surface area is 194 Å². The predicted octanol–water partition coefficient (Wildman–Crippen LogP) is 6.16. The molecular weight excluding hydrogens is 460 g/mol. The summed E-state index contributed by atoms with van der Waals surface area (Å²) < 4.78 is 12.1. The number of carbonyl (C=O) groups excluding carboxylic acids is 2. The van der Waals surface area contributed by atoms with Gasteiger partial charge in [0, 0.05) is 5.70 Å². The molecule has 1 heterocycles. The van der Waals surface area contributed by atoms with Crippen molar-refractivity contribution in [1.29, 1.82) is 0 Å². The van der Waals surface area contributed by atoms with Crippen LogP contribution in [0.4, 0.5) is 4.79 Å². The van der Waals surface area contributed by atoms with Crippen molar-refractivity contribution in [2.24, 2.45) is 0 Å². The van der Waals surface area contributed by atoms with Gasteiger partial charge in [-0.15, -0.1) is 0 Å². The van der Waals surface area contributed by atoms with E-state index >= 15 is 0 Å². The first kappa shape index (κ1) is 25.2. The van der Waals surface area contributed by atoms with Crippen LogP contribution < -0.4 is 15.4 Å². The molecule has 1 aliphatic rings. The average Bonchev–Trinajstić information content (AvgIpc) is 2.69. The van der Waals surface area contributed by atoms with Crippen molar-refractivity contribution in [2.45, 2.75) is 84.8 Å². The Kier molecular flexibility index (Phi) is 10.4. The Hall–Kier alpha value is -2.02. The van der Waals surface area contributed by atoms with Gasteiger partial charge in [0.2, 0.25) is 0 Å². The van der Waals surface area contributed by atoms with Gasteiger partial charge in [0.25, 0.3) is 0 Å². The minimum absolute atomic E-state index is 0.250. The van der Waals surface area contributed by atoms with E-state index in [1.165, 1.54) is 38.5 Å². The molecule has 1 aromatic carbocycles. The van der Waals surface area contributed by atoms with E-state index in [4.69, 9.17) is 9.47 Å². The lowest BCUT2D eigenvalue weighted by Gasteiger charge is -2.29. The van der Waals surface area contributed by atoms with Gasteiger partial charge in [-0.3, -0.25) is 0 Å². The largest absolute Gasteiger partial charge is 0.492 e. The molecule has 1 aliphatic heterocycles. The molecule has 0 saturated heterocycles. The lowest BCUT2D eigenvalue weighted by atomic mass is 9.95. The summed E-state index contributed by atoms with van der Waals surface area (Å²) in [7, 11) is 0. The number of amides is 2. The highest BCUT2D eigenvalue weighted by atomic mass is 79.9. The molecule has 0 fully saturated rings. The molecule has 0 aromatic heterocycles. The van der Waals surface area contributed by atoms with Crippen molar-refractivity contribution >= 4 is 27.9 Å². The number of hydrogen-bond acceptors (Lipinski definition) is 4. The molecule has 0 radical (unpaired) electrons. The molecule has 1 atom stereocenters. The highest BCUT2D eigenvalue weighted by Crippen LogP contribution is 2.33. The van der Waals surface area contributed by atoms with Crippen LogP contribution in [0.15, 0.2) is 33.9 Å². The van der Waals surface area contributed by atoms with Crippen molar-refractivity contribution in [3.05, 3.63) is 39.5 Å². The second kappa shape index (κ2) is 12.7. The minimum Gasteiger partial charge on any atom is -0.492 e. The maximum Gasteiger partial charge on any atom is 0.338 e. The lowest BCUT2D eigenvalue weighted by molar-refractivity contribution is -0.143. The van der Waals surface area contributed by atoms with Crippen LogP contribution >= 0.6 is 15.9 Å². The van der Waals surface area contributed by atoms with Crippen molar-refractivity contribution in [3.63, 3.8) is 0 Å². The Morgan fingerprint density at radius 1 is 1.13 bits per heavy atom. The molecule has 0 bridgehead atoms. The number of rotatable bonds is 12. The van der Waals surface area contributed by atoms with E-state index in [0.29, 0.717) is 17.9 Å². The summed E-state index contributed by atoms with van der Waals surface area (Å²) >= 11 is 3.57. The van der Waals surface area contributed by atoms with Gasteiger partial charge in [-0.2, -0.15) is 0 Å². The zero-order chi connectivity index (χ0) is 22.8. The molecule has 172 valence electrons. The summed E-state index contributed by atoms with van der Waals surface area (Å²) in [5.74, 6) is 0.308. The van der Waals surface area contributed by atoms with Crippen LogP contribution in [0, 0.1) is 0 Å². The standard InChI is InChI=1S/C24H35BrN2O4/c1-5-6-7-8-9-10-11-14-30-20-13-12-18(15-19(20)25)22-21(23(28)31-16(2)3)17(4)26-24(29)27-22/h12-13,15-16,22H,5-11,14H2,1-4H3,(H2,26,27,29). The van der Waals surface area contributed by atoms with Gasteiger partial charge < -0.3 is 20.1 Å². The third-order valence-electron chi connectivity index (χ3n) is 5.13. The normalized spacial score (nSPS) is 16.2. The van der Waals surface area contributed by atoms with Gasteiger partial charge in [0.05, 0.1) is 28.8 Å². The molecular formula is C24H35BrN2O4. The van der Waals surface area contributed by atoms with Gasteiger partial charge in [0.15, 0.2) is 0 Å². The fourth-order valence-corrected chi connectivity index (χ4v) is 4.06. The van der Waals surface area contributed by atoms with Crippen LogP contribution in [-0.4, -0.2) is 24.7 Å². The highest BCUT2D eigenvalue weighted by Gasteiger charge is 2.32. The molecule has 2 rings (SSSR count). The van der Waals surface area contributed by atoms with Crippen molar-refractivity contribution < 1.29 is 19.1 Å². The van der Waals surface area contributed by atoms with E-state index in [2.05, 4.69) is 33.5 Å². The summed E-state index contributed by atoms with van der Waals surface area (Å²) in [6.45, 7) is 8.20. The maximum absolute atomic E-state index is 12.6. The van der Waals surface area contributed by atoms with Gasteiger partial charge >= 0.3 is 12.0 Å². The summed E-state index contributed by atoms with van der Waals surface area (Å²) in [5, 5.41) is 5.48. The smallest absolute Gasteiger partial charge is 0.338 e. The molecule has 7 heteroatoms. The quantitative estimate of drug-likeness (QED) is 0.269. The molecule has 2 amide bonds. The van der Waals surface area contributed by atoms with E-state index in [9.17, 15) is 9.59 Å². The molecule has 1 unspecified atom stereocenters.